The fourth-order valence-electron chi connectivity index (χ4n) is 3.92. The molecule has 5 heteroatoms. The van der Waals surface area contributed by atoms with Gasteiger partial charge in [-0.3, -0.25) is 9.59 Å². The number of aryl methyl sites for hydroxylation is 1. The number of hydrogen-bond acceptors (Lipinski definition) is 3. The lowest BCUT2D eigenvalue weighted by atomic mass is 10.1. The van der Waals surface area contributed by atoms with Crippen molar-refractivity contribution in [2.24, 2.45) is 0 Å². The highest BCUT2D eigenvalue weighted by Gasteiger charge is 2.38. The first-order valence-corrected chi connectivity index (χ1v) is 9.84. The van der Waals surface area contributed by atoms with E-state index in [2.05, 4.69) is 17.4 Å². The van der Waals surface area contributed by atoms with Gasteiger partial charge in [-0.25, -0.2) is 0 Å². The fourth-order valence-corrected chi connectivity index (χ4v) is 3.92. The van der Waals surface area contributed by atoms with Gasteiger partial charge in [0.1, 0.15) is 11.8 Å². The van der Waals surface area contributed by atoms with Crippen LogP contribution >= 0.6 is 0 Å². The van der Waals surface area contributed by atoms with Gasteiger partial charge in [-0.15, -0.1) is 0 Å². The number of benzene rings is 3. The molecule has 0 aromatic heterocycles. The fraction of sp³-hybridized carbons (Fsp3) is 0.250. The number of rotatable bonds is 6. The predicted molar refractivity (Wildman–Crippen MR) is 114 cm³/mol. The van der Waals surface area contributed by atoms with Gasteiger partial charge in [-0.1, -0.05) is 48.5 Å². The minimum Gasteiger partial charge on any atom is -0.494 e. The Balaban J connectivity index is 1.42. The van der Waals surface area contributed by atoms with Crippen LogP contribution in [0.2, 0.25) is 0 Å². The van der Waals surface area contributed by atoms with Gasteiger partial charge in [0, 0.05) is 19.0 Å². The van der Waals surface area contributed by atoms with E-state index < -0.39 is 6.04 Å². The minimum atomic E-state index is -0.608. The number of carbonyl (C=O) groups excluding carboxylic acids is 2. The number of para-hydroxylation sites is 1. The molecule has 1 heterocycles. The van der Waals surface area contributed by atoms with E-state index in [1.165, 1.54) is 12.3 Å². The van der Waals surface area contributed by atoms with Gasteiger partial charge in [0.25, 0.3) is 5.91 Å². The molecule has 0 bridgehead atoms. The normalized spacial score (nSPS) is 15.4. The van der Waals surface area contributed by atoms with E-state index in [1.807, 2.05) is 55.5 Å². The van der Waals surface area contributed by atoms with Crippen LogP contribution in [0.25, 0.3) is 10.8 Å². The molecule has 0 saturated carbocycles. The number of nitrogens with zero attached hydrogens (tertiary/aromatic N) is 1. The van der Waals surface area contributed by atoms with Crippen LogP contribution in [0.5, 0.6) is 5.75 Å². The maximum absolute atomic E-state index is 12.9. The summed E-state index contributed by atoms with van der Waals surface area (Å²) in [6.45, 7) is 4.47. The highest BCUT2D eigenvalue weighted by atomic mass is 16.5. The van der Waals surface area contributed by atoms with E-state index in [-0.39, 0.29) is 11.8 Å². The Kier molecular flexibility index (Phi) is 5.21. The van der Waals surface area contributed by atoms with Crippen molar-refractivity contribution in [3.63, 3.8) is 0 Å². The van der Waals surface area contributed by atoms with Crippen molar-refractivity contribution in [3.05, 3.63) is 71.8 Å². The average molecular weight is 388 g/mol. The Morgan fingerprint density at radius 2 is 1.86 bits per heavy atom. The second-order valence-electron chi connectivity index (χ2n) is 7.35. The summed E-state index contributed by atoms with van der Waals surface area (Å²) in [5.74, 6) is 0.525. The molecule has 2 amide bonds. The van der Waals surface area contributed by atoms with Gasteiger partial charge in [0.05, 0.1) is 12.3 Å². The summed E-state index contributed by atoms with van der Waals surface area (Å²) in [5.41, 5.74) is 2.79. The van der Waals surface area contributed by atoms with Crippen molar-refractivity contribution in [1.29, 1.82) is 0 Å². The topological polar surface area (TPSA) is 58.6 Å². The molecule has 4 rings (SSSR count). The maximum Gasteiger partial charge on any atom is 0.254 e. The molecule has 0 aliphatic carbocycles. The van der Waals surface area contributed by atoms with Gasteiger partial charge >= 0.3 is 0 Å². The Morgan fingerprint density at radius 1 is 1.07 bits per heavy atom. The van der Waals surface area contributed by atoms with Crippen LogP contribution in [0.15, 0.2) is 60.7 Å². The Labute approximate surface area is 170 Å². The molecule has 1 aliphatic heterocycles. The van der Waals surface area contributed by atoms with Crippen molar-refractivity contribution in [3.8, 4) is 5.75 Å². The lowest BCUT2D eigenvalue weighted by Crippen LogP contribution is -2.37. The molecule has 1 atom stereocenters. The van der Waals surface area contributed by atoms with Crippen LogP contribution in [0.4, 0.5) is 5.69 Å². The number of anilines is 1. The van der Waals surface area contributed by atoms with Crippen molar-refractivity contribution in [2.45, 2.75) is 26.3 Å². The third-order valence-corrected chi connectivity index (χ3v) is 5.23. The lowest BCUT2D eigenvalue weighted by Gasteiger charge is -2.19. The zero-order valence-electron chi connectivity index (χ0n) is 16.6. The Hall–Kier alpha value is -3.34. The molecule has 1 aliphatic rings. The molecule has 3 aromatic carbocycles. The van der Waals surface area contributed by atoms with Crippen molar-refractivity contribution >= 4 is 28.3 Å². The van der Waals surface area contributed by atoms with Crippen molar-refractivity contribution in [2.75, 3.05) is 18.1 Å². The van der Waals surface area contributed by atoms with Crippen LogP contribution in [-0.2, 0) is 9.59 Å². The maximum atomic E-state index is 12.9. The smallest absolute Gasteiger partial charge is 0.254 e. The van der Waals surface area contributed by atoms with E-state index in [0.717, 1.165) is 28.0 Å². The second kappa shape index (κ2) is 7.95. The lowest BCUT2D eigenvalue weighted by molar-refractivity contribution is -0.126. The molecule has 148 valence electrons. The van der Waals surface area contributed by atoms with E-state index in [1.54, 1.807) is 4.90 Å². The summed E-state index contributed by atoms with van der Waals surface area (Å²) in [7, 11) is 0. The summed E-state index contributed by atoms with van der Waals surface area (Å²) in [4.78, 5) is 26.3. The molecule has 3 aromatic rings. The molecule has 29 heavy (non-hydrogen) atoms. The van der Waals surface area contributed by atoms with Crippen LogP contribution in [0.1, 0.15) is 30.5 Å². The van der Waals surface area contributed by atoms with E-state index in [9.17, 15) is 9.59 Å². The number of nitrogens with one attached hydrogen (secondary N) is 1. The number of ether oxygens (including phenoxy) is 1. The third kappa shape index (κ3) is 3.81. The van der Waals surface area contributed by atoms with Gasteiger partial charge in [0.2, 0.25) is 5.91 Å². The largest absolute Gasteiger partial charge is 0.494 e. The standard InChI is InChI=1S/C24H24N2O3/c1-16-7-5-10-21-22(25-17(2)27)24(28)26(23(16)21)13-6-14-29-20-12-11-18-8-3-4-9-19(18)15-20/h3-5,7-12,15,22H,6,13-14H2,1-2H3,(H,25,27)/t22-/m0/s1. The third-order valence-electron chi connectivity index (χ3n) is 5.23. The first-order valence-electron chi connectivity index (χ1n) is 9.84. The van der Waals surface area contributed by atoms with E-state index in [4.69, 9.17) is 4.74 Å². The van der Waals surface area contributed by atoms with Crippen LogP contribution in [0.3, 0.4) is 0 Å². The summed E-state index contributed by atoms with van der Waals surface area (Å²) >= 11 is 0. The Bertz CT molecular complexity index is 1080. The number of fused-ring (bicyclic) bond motifs is 2. The van der Waals surface area contributed by atoms with Gasteiger partial charge in [0.15, 0.2) is 0 Å². The molecule has 5 nitrogen and oxygen atoms in total. The van der Waals surface area contributed by atoms with E-state index in [0.29, 0.717) is 19.6 Å². The number of amides is 2. The first kappa shape index (κ1) is 19.0. The quantitative estimate of drug-likeness (QED) is 0.646. The highest BCUT2D eigenvalue weighted by molar-refractivity contribution is 6.06. The van der Waals surface area contributed by atoms with Gasteiger partial charge in [-0.05, 0) is 41.8 Å². The number of carbonyl (C=O) groups is 2. The van der Waals surface area contributed by atoms with Gasteiger partial charge in [-0.2, -0.15) is 0 Å². The molecule has 0 unspecified atom stereocenters. The molecule has 0 spiro atoms. The first-order chi connectivity index (χ1) is 14.0. The minimum absolute atomic E-state index is 0.0878. The van der Waals surface area contributed by atoms with Crippen LogP contribution in [-0.4, -0.2) is 25.0 Å². The number of hydrogen-bond donors (Lipinski definition) is 1. The summed E-state index contributed by atoms with van der Waals surface area (Å²) < 4.78 is 5.91. The van der Waals surface area contributed by atoms with Crippen molar-refractivity contribution < 1.29 is 14.3 Å². The summed E-state index contributed by atoms with van der Waals surface area (Å²) in [5, 5.41) is 5.10. The highest BCUT2D eigenvalue weighted by Crippen LogP contribution is 2.38. The molecule has 0 fully saturated rings. The SMILES string of the molecule is CC(=O)N[C@@H]1C(=O)N(CCCOc2ccc3ccccc3c2)c2c(C)cccc21. The Morgan fingerprint density at radius 3 is 2.66 bits per heavy atom. The van der Waals surface area contributed by atoms with Crippen LogP contribution < -0.4 is 15.0 Å². The van der Waals surface area contributed by atoms with Gasteiger partial charge < -0.3 is 15.0 Å². The molecule has 0 saturated heterocycles. The summed E-state index contributed by atoms with van der Waals surface area (Å²) in [6, 6.07) is 19.4. The predicted octanol–water partition coefficient (Wildman–Crippen LogP) is 4.14. The molecular formula is C24H24N2O3. The zero-order chi connectivity index (χ0) is 20.4. The molecule has 0 radical (unpaired) electrons. The second-order valence-corrected chi connectivity index (χ2v) is 7.35. The van der Waals surface area contributed by atoms with E-state index >= 15 is 0 Å². The zero-order valence-corrected chi connectivity index (χ0v) is 16.6. The van der Waals surface area contributed by atoms with Crippen molar-refractivity contribution in [1.82, 2.24) is 5.32 Å². The molecule has 1 N–H and O–H groups in total. The molecular weight excluding hydrogens is 364 g/mol. The summed E-state index contributed by atoms with van der Waals surface area (Å²) in [6.07, 6.45) is 0.694. The monoisotopic (exact) mass is 388 g/mol. The average Bonchev–Trinajstić information content (AvgIpc) is 2.97. The van der Waals surface area contributed by atoms with Crippen LogP contribution in [0, 0.1) is 6.92 Å².